The number of hydrogen-bond donors (Lipinski definition) is 3. The van der Waals surface area contributed by atoms with Gasteiger partial charge in [-0.15, -0.1) is 0 Å². The van der Waals surface area contributed by atoms with Crippen LogP contribution in [0.2, 0.25) is 0 Å². The lowest BCUT2D eigenvalue weighted by Gasteiger charge is -2.23. The lowest BCUT2D eigenvalue weighted by atomic mass is 9.95. The lowest BCUT2D eigenvalue weighted by Crippen LogP contribution is -2.26. The number of benzene rings is 1. The summed E-state index contributed by atoms with van der Waals surface area (Å²) in [6.45, 7) is 5.49. The Kier molecular flexibility index (Phi) is 3.83. The van der Waals surface area contributed by atoms with Crippen molar-refractivity contribution in [2.24, 2.45) is 0 Å². The Labute approximate surface area is 134 Å². The summed E-state index contributed by atoms with van der Waals surface area (Å²) in [6, 6.07) is 13.1. The molecule has 0 aliphatic carbocycles. The molecule has 3 N–H and O–H groups in total. The Hall–Kier alpha value is -2.73. The van der Waals surface area contributed by atoms with Crippen LogP contribution in [-0.2, 0) is 5.60 Å². The molecule has 0 bridgehead atoms. The molecule has 1 aromatic carbocycles. The molecular weight excluding hydrogens is 290 g/mol. The molecule has 3 aromatic rings. The molecule has 0 aliphatic heterocycles. The van der Waals surface area contributed by atoms with Crippen LogP contribution in [-0.4, -0.2) is 25.3 Å². The molecule has 2 aromatic heterocycles. The van der Waals surface area contributed by atoms with E-state index < -0.39 is 5.60 Å². The zero-order valence-corrected chi connectivity index (χ0v) is 13.3. The van der Waals surface area contributed by atoms with Crippen molar-refractivity contribution in [3.8, 4) is 0 Å². The van der Waals surface area contributed by atoms with Gasteiger partial charge in [-0.05, 0) is 26.3 Å². The molecule has 0 saturated heterocycles. The molecule has 0 amide bonds. The minimum atomic E-state index is -1.27. The number of nitrogens with one attached hydrogen (secondary N) is 2. The van der Waals surface area contributed by atoms with Crippen LogP contribution in [0.3, 0.4) is 0 Å². The fourth-order valence-corrected chi connectivity index (χ4v) is 2.36. The highest BCUT2D eigenvalue weighted by molar-refractivity contribution is 5.52. The van der Waals surface area contributed by atoms with E-state index in [0.29, 0.717) is 17.5 Å². The van der Waals surface area contributed by atoms with E-state index in [-0.39, 0.29) is 0 Å². The van der Waals surface area contributed by atoms with Gasteiger partial charge in [-0.25, -0.2) is 9.97 Å². The summed E-state index contributed by atoms with van der Waals surface area (Å²) >= 11 is 0. The Morgan fingerprint density at radius 2 is 1.78 bits per heavy atom. The second-order valence-corrected chi connectivity index (χ2v) is 5.72. The van der Waals surface area contributed by atoms with Crippen molar-refractivity contribution in [1.29, 1.82) is 0 Å². The predicted octanol–water partition coefficient (Wildman–Crippen LogP) is 2.82. The van der Waals surface area contributed by atoms with Gasteiger partial charge in [-0.2, -0.15) is 5.10 Å². The SMILES string of the molecule is Cc1cc(Nc2cc(C)[nH]n2)nc(C(C)(O)c2ccccc2)n1. The first-order chi connectivity index (χ1) is 10.9. The Bertz CT molecular complexity index is 811. The largest absolute Gasteiger partial charge is 0.377 e. The maximum absolute atomic E-state index is 10.9. The second-order valence-electron chi connectivity index (χ2n) is 5.72. The quantitative estimate of drug-likeness (QED) is 0.690. The maximum atomic E-state index is 10.9. The zero-order valence-electron chi connectivity index (χ0n) is 13.3. The average molecular weight is 309 g/mol. The van der Waals surface area contributed by atoms with Crippen molar-refractivity contribution in [3.05, 3.63) is 65.2 Å². The van der Waals surface area contributed by atoms with Crippen LogP contribution in [0.5, 0.6) is 0 Å². The summed E-state index contributed by atoms with van der Waals surface area (Å²) in [4.78, 5) is 8.86. The molecule has 0 saturated carbocycles. The van der Waals surface area contributed by atoms with E-state index in [0.717, 1.165) is 17.0 Å². The summed E-state index contributed by atoms with van der Waals surface area (Å²) < 4.78 is 0. The van der Waals surface area contributed by atoms with E-state index in [4.69, 9.17) is 0 Å². The molecule has 118 valence electrons. The number of anilines is 2. The molecule has 1 atom stereocenters. The molecule has 1 unspecified atom stereocenters. The summed E-state index contributed by atoms with van der Waals surface area (Å²) in [5, 5.41) is 21.0. The fraction of sp³-hybridized carbons (Fsp3) is 0.235. The third-order valence-corrected chi connectivity index (χ3v) is 3.59. The van der Waals surface area contributed by atoms with Gasteiger partial charge < -0.3 is 10.4 Å². The van der Waals surface area contributed by atoms with Gasteiger partial charge in [0.05, 0.1) is 0 Å². The fourth-order valence-electron chi connectivity index (χ4n) is 2.36. The summed E-state index contributed by atoms with van der Waals surface area (Å²) in [7, 11) is 0. The number of hydrogen-bond acceptors (Lipinski definition) is 5. The number of aryl methyl sites for hydroxylation is 2. The minimum absolute atomic E-state index is 0.346. The van der Waals surface area contributed by atoms with Gasteiger partial charge >= 0.3 is 0 Å². The topological polar surface area (TPSA) is 86.7 Å². The van der Waals surface area contributed by atoms with Crippen molar-refractivity contribution in [2.45, 2.75) is 26.4 Å². The Balaban J connectivity index is 1.97. The van der Waals surface area contributed by atoms with Crippen LogP contribution in [0.15, 0.2) is 42.5 Å². The van der Waals surface area contributed by atoms with E-state index in [1.807, 2.05) is 56.3 Å². The molecule has 6 heteroatoms. The highest BCUT2D eigenvalue weighted by Gasteiger charge is 2.29. The average Bonchev–Trinajstić information content (AvgIpc) is 2.92. The van der Waals surface area contributed by atoms with Gasteiger partial charge in [0.1, 0.15) is 11.4 Å². The van der Waals surface area contributed by atoms with E-state index in [2.05, 4.69) is 25.5 Å². The van der Waals surface area contributed by atoms with Gasteiger partial charge in [-0.1, -0.05) is 30.3 Å². The van der Waals surface area contributed by atoms with E-state index in [1.165, 1.54) is 0 Å². The number of nitrogens with zero attached hydrogens (tertiary/aromatic N) is 3. The first kappa shape index (κ1) is 15.2. The normalized spacial score (nSPS) is 13.6. The molecule has 23 heavy (non-hydrogen) atoms. The van der Waals surface area contributed by atoms with Gasteiger partial charge in [0.25, 0.3) is 0 Å². The van der Waals surface area contributed by atoms with E-state index in [1.54, 1.807) is 6.92 Å². The van der Waals surface area contributed by atoms with Crippen molar-refractivity contribution in [1.82, 2.24) is 20.2 Å². The zero-order chi connectivity index (χ0) is 16.4. The minimum Gasteiger partial charge on any atom is -0.377 e. The maximum Gasteiger partial charge on any atom is 0.166 e. The van der Waals surface area contributed by atoms with Gasteiger partial charge in [0.15, 0.2) is 11.6 Å². The molecule has 0 spiro atoms. The summed E-state index contributed by atoms with van der Waals surface area (Å²) in [6.07, 6.45) is 0. The van der Waals surface area contributed by atoms with Gasteiger partial charge in [0, 0.05) is 23.5 Å². The number of H-pyrrole nitrogens is 1. The monoisotopic (exact) mass is 309 g/mol. The lowest BCUT2D eigenvalue weighted by molar-refractivity contribution is 0.0921. The van der Waals surface area contributed by atoms with Crippen LogP contribution < -0.4 is 5.32 Å². The Morgan fingerprint density at radius 1 is 1.04 bits per heavy atom. The smallest absolute Gasteiger partial charge is 0.166 e. The van der Waals surface area contributed by atoms with Crippen LogP contribution in [0, 0.1) is 13.8 Å². The number of aromatic nitrogens is 4. The van der Waals surface area contributed by atoms with Crippen LogP contribution in [0.25, 0.3) is 0 Å². The van der Waals surface area contributed by atoms with Crippen molar-refractivity contribution in [2.75, 3.05) is 5.32 Å². The van der Waals surface area contributed by atoms with E-state index >= 15 is 0 Å². The third kappa shape index (κ3) is 3.22. The number of aromatic amines is 1. The van der Waals surface area contributed by atoms with Crippen LogP contribution >= 0.6 is 0 Å². The molecule has 0 fully saturated rings. The molecular formula is C17H19N5O. The van der Waals surface area contributed by atoms with Gasteiger partial charge in [0.2, 0.25) is 0 Å². The van der Waals surface area contributed by atoms with Crippen molar-refractivity contribution in [3.63, 3.8) is 0 Å². The molecule has 0 radical (unpaired) electrons. The van der Waals surface area contributed by atoms with E-state index in [9.17, 15) is 5.11 Å². The standard InChI is InChI=1S/C17H19N5O/c1-11-9-14(19-15-10-12(2)21-22-15)20-16(18-11)17(3,23)13-7-5-4-6-8-13/h4-10,23H,1-3H3,(H2,18,19,20,21,22). The van der Waals surface area contributed by atoms with Crippen LogP contribution in [0.1, 0.15) is 29.7 Å². The van der Waals surface area contributed by atoms with Crippen LogP contribution in [0.4, 0.5) is 11.6 Å². The first-order valence-corrected chi connectivity index (χ1v) is 7.38. The third-order valence-electron chi connectivity index (χ3n) is 3.59. The highest BCUT2D eigenvalue weighted by Crippen LogP contribution is 2.27. The molecule has 3 rings (SSSR count). The summed E-state index contributed by atoms with van der Waals surface area (Å²) in [5.74, 6) is 1.61. The molecule has 2 heterocycles. The second kappa shape index (κ2) is 5.81. The Morgan fingerprint density at radius 3 is 2.43 bits per heavy atom. The van der Waals surface area contributed by atoms with Gasteiger partial charge in [-0.3, -0.25) is 5.10 Å². The predicted molar refractivity (Wildman–Crippen MR) is 88.5 cm³/mol. The molecule has 0 aliphatic rings. The summed E-state index contributed by atoms with van der Waals surface area (Å²) in [5.41, 5.74) is 1.19. The number of aliphatic hydroxyl groups is 1. The highest BCUT2D eigenvalue weighted by atomic mass is 16.3. The molecule has 6 nitrogen and oxygen atoms in total. The number of rotatable bonds is 4. The van der Waals surface area contributed by atoms with Crippen molar-refractivity contribution >= 4 is 11.6 Å². The first-order valence-electron chi connectivity index (χ1n) is 7.38. The van der Waals surface area contributed by atoms with Crippen molar-refractivity contribution < 1.29 is 5.11 Å².